The van der Waals surface area contributed by atoms with E-state index in [2.05, 4.69) is 34.6 Å². The SMILES string of the molecule is CC1CC(O)CC(C)C1C(C)(C)C. The minimum Gasteiger partial charge on any atom is -0.393 e. The van der Waals surface area contributed by atoms with Gasteiger partial charge in [-0.3, -0.25) is 0 Å². The van der Waals surface area contributed by atoms with Crippen molar-refractivity contribution in [2.24, 2.45) is 23.2 Å². The molecule has 0 saturated heterocycles. The van der Waals surface area contributed by atoms with Gasteiger partial charge in [0.1, 0.15) is 0 Å². The van der Waals surface area contributed by atoms with E-state index in [1.807, 2.05) is 0 Å². The van der Waals surface area contributed by atoms with Crippen LogP contribution in [0.15, 0.2) is 0 Å². The Labute approximate surface area is 82.5 Å². The molecule has 1 N–H and O–H groups in total. The second-order valence-electron chi connectivity index (χ2n) is 5.97. The van der Waals surface area contributed by atoms with Gasteiger partial charge in [-0.15, -0.1) is 0 Å². The first-order chi connectivity index (χ1) is 5.82. The zero-order valence-electron chi connectivity index (χ0n) is 9.67. The molecule has 1 saturated carbocycles. The lowest BCUT2D eigenvalue weighted by Crippen LogP contribution is -2.39. The van der Waals surface area contributed by atoms with E-state index >= 15 is 0 Å². The minimum absolute atomic E-state index is 0.0522. The van der Waals surface area contributed by atoms with Crippen molar-refractivity contribution < 1.29 is 5.11 Å². The van der Waals surface area contributed by atoms with Gasteiger partial charge in [0.15, 0.2) is 0 Å². The van der Waals surface area contributed by atoms with E-state index in [9.17, 15) is 5.11 Å². The van der Waals surface area contributed by atoms with Gasteiger partial charge in [-0.2, -0.15) is 0 Å². The van der Waals surface area contributed by atoms with Gasteiger partial charge in [-0.1, -0.05) is 34.6 Å². The van der Waals surface area contributed by atoms with Crippen LogP contribution in [-0.4, -0.2) is 11.2 Å². The average Bonchev–Trinajstić information content (AvgIpc) is 1.78. The van der Waals surface area contributed by atoms with E-state index < -0.39 is 0 Å². The van der Waals surface area contributed by atoms with Gasteiger partial charge >= 0.3 is 0 Å². The van der Waals surface area contributed by atoms with E-state index in [1.54, 1.807) is 0 Å². The molecule has 1 aliphatic rings. The molecule has 0 heterocycles. The first kappa shape index (κ1) is 11.0. The predicted octanol–water partition coefficient (Wildman–Crippen LogP) is 3.08. The summed E-state index contributed by atoms with van der Waals surface area (Å²) in [6, 6.07) is 0. The fourth-order valence-electron chi connectivity index (χ4n) is 3.52. The van der Waals surface area contributed by atoms with Crippen LogP contribution >= 0.6 is 0 Å². The van der Waals surface area contributed by atoms with Gasteiger partial charge in [0.2, 0.25) is 0 Å². The summed E-state index contributed by atoms with van der Waals surface area (Å²) in [5.74, 6) is 2.09. The zero-order valence-corrected chi connectivity index (χ0v) is 9.67. The Bertz CT molecular complexity index is 156. The van der Waals surface area contributed by atoms with Crippen LogP contribution in [0.1, 0.15) is 47.5 Å². The van der Waals surface area contributed by atoms with Crippen LogP contribution in [0.5, 0.6) is 0 Å². The molecule has 2 atom stereocenters. The van der Waals surface area contributed by atoms with Crippen molar-refractivity contribution in [1.29, 1.82) is 0 Å². The van der Waals surface area contributed by atoms with E-state index in [0.717, 1.165) is 18.8 Å². The quantitative estimate of drug-likeness (QED) is 0.613. The second-order valence-corrected chi connectivity index (χ2v) is 5.97. The summed E-state index contributed by atoms with van der Waals surface area (Å²) in [4.78, 5) is 0. The molecule has 0 aromatic carbocycles. The van der Waals surface area contributed by atoms with Gasteiger partial charge in [-0.25, -0.2) is 0 Å². The van der Waals surface area contributed by atoms with E-state index in [4.69, 9.17) is 0 Å². The Morgan fingerprint density at radius 2 is 1.38 bits per heavy atom. The Morgan fingerprint density at radius 3 is 1.69 bits per heavy atom. The van der Waals surface area contributed by atoms with Crippen molar-refractivity contribution in [2.75, 3.05) is 0 Å². The zero-order chi connectivity index (χ0) is 10.2. The maximum absolute atomic E-state index is 9.63. The monoisotopic (exact) mass is 184 g/mol. The molecule has 1 fully saturated rings. The largest absolute Gasteiger partial charge is 0.393 e. The fourth-order valence-corrected chi connectivity index (χ4v) is 3.52. The van der Waals surface area contributed by atoms with Crippen molar-refractivity contribution >= 4 is 0 Å². The lowest BCUT2D eigenvalue weighted by molar-refractivity contribution is -0.00730. The van der Waals surface area contributed by atoms with E-state index in [-0.39, 0.29) is 6.10 Å². The van der Waals surface area contributed by atoms with Gasteiger partial charge in [-0.05, 0) is 36.0 Å². The number of hydrogen-bond donors (Lipinski definition) is 1. The molecule has 0 aromatic rings. The molecule has 0 radical (unpaired) electrons. The highest BCUT2D eigenvalue weighted by atomic mass is 16.3. The summed E-state index contributed by atoms with van der Waals surface area (Å²) in [5.41, 5.74) is 0.388. The first-order valence-corrected chi connectivity index (χ1v) is 5.50. The van der Waals surface area contributed by atoms with Crippen LogP contribution in [0.25, 0.3) is 0 Å². The highest BCUT2D eigenvalue weighted by Gasteiger charge is 2.38. The number of hydrogen-bond acceptors (Lipinski definition) is 1. The summed E-state index contributed by atoms with van der Waals surface area (Å²) < 4.78 is 0. The van der Waals surface area contributed by atoms with Gasteiger partial charge in [0.05, 0.1) is 6.10 Å². The van der Waals surface area contributed by atoms with Gasteiger partial charge in [0, 0.05) is 0 Å². The molecule has 0 aromatic heterocycles. The molecule has 78 valence electrons. The molecule has 0 amide bonds. The summed E-state index contributed by atoms with van der Waals surface area (Å²) in [5, 5.41) is 9.63. The van der Waals surface area contributed by atoms with E-state index in [0.29, 0.717) is 17.3 Å². The summed E-state index contributed by atoms with van der Waals surface area (Å²) in [6.45, 7) is 11.5. The topological polar surface area (TPSA) is 20.2 Å². The Balaban J connectivity index is 2.73. The second kappa shape index (κ2) is 3.61. The molecule has 0 bridgehead atoms. The van der Waals surface area contributed by atoms with Crippen molar-refractivity contribution in [2.45, 2.75) is 53.6 Å². The normalized spacial score (nSPS) is 42.0. The highest BCUT2D eigenvalue weighted by Crippen LogP contribution is 2.44. The molecular formula is C12H24O. The molecule has 1 heteroatoms. The highest BCUT2D eigenvalue weighted by molar-refractivity contribution is 4.88. The summed E-state index contributed by atoms with van der Waals surface area (Å²) >= 11 is 0. The summed E-state index contributed by atoms with van der Waals surface area (Å²) in [7, 11) is 0. The Hall–Kier alpha value is -0.0400. The van der Waals surface area contributed by atoms with Crippen molar-refractivity contribution in [3.05, 3.63) is 0 Å². The third kappa shape index (κ3) is 2.46. The lowest BCUT2D eigenvalue weighted by Gasteiger charge is -2.45. The third-order valence-corrected chi connectivity index (χ3v) is 3.51. The van der Waals surface area contributed by atoms with Crippen molar-refractivity contribution in [3.8, 4) is 0 Å². The van der Waals surface area contributed by atoms with Gasteiger partial charge < -0.3 is 5.11 Å². The molecule has 1 nitrogen and oxygen atoms in total. The van der Waals surface area contributed by atoms with Crippen LogP contribution in [0.4, 0.5) is 0 Å². The number of aliphatic hydroxyl groups excluding tert-OH is 1. The van der Waals surface area contributed by atoms with Gasteiger partial charge in [0.25, 0.3) is 0 Å². The van der Waals surface area contributed by atoms with E-state index in [1.165, 1.54) is 0 Å². The Morgan fingerprint density at radius 1 is 1.00 bits per heavy atom. The van der Waals surface area contributed by atoms with Crippen LogP contribution in [0.2, 0.25) is 0 Å². The smallest absolute Gasteiger partial charge is 0.0545 e. The average molecular weight is 184 g/mol. The lowest BCUT2D eigenvalue weighted by atomic mass is 9.62. The fraction of sp³-hybridized carbons (Fsp3) is 1.00. The van der Waals surface area contributed by atoms with Crippen LogP contribution in [0, 0.1) is 23.2 Å². The minimum atomic E-state index is -0.0522. The van der Waals surface area contributed by atoms with Crippen LogP contribution in [0.3, 0.4) is 0 Å². The molecular weight excluding hydrogens is 160 g/mol. The van der Waals surface area contributed by atoms with Crippen LogP contribution < -0.4 is 0 Å². The first-order valence-electron chi connectivity index (χ1n) is 5.50. The molecule has 0 aliphatic heterocycles. The molecule has 0 spiro atoms. The maximum atomic E-state index is 9.63. The van der Waals surface area contributed by atoms with Crippen molar-refractivity contribution in [1.82, 2.24) is 0 Å². The predicted molar refractivity (Wildman–Crippen MR) is 56.5 cm³/mol. The van der Waals surface area contributed by atoms with Crippen LogP contribution in [-0.2, 0) is 0 Å². The standard InChI is InChI=1S/C12H24O/c1-8-6-10(13)7-9(2)11(8)12(3,4)5/h8-11,13H,6-7H2,1-5H3. The summed E-state index contributed by atoms with van der Waals surface area (Å²) in [6.07, 6.45) is 1.93. The maximum Gasteiger partial charge on any atom is 0.0545 e. The molecule has 1 rings (SSSR count). The number of rotatable bonds is 0. The van der Waals surface area contributed by atoms with Crippen molar-refractivity contribution in [3.63, 3.8) is 0 Å². The molecule has 13 heavy (non-hydrogen) atoms. The molecule has 2 unspecified atom stereocenters. The third-order valence-electron chi connectivity index (χ3n) is 3.51. The molecule has 1 aliphatic carbocycles. The number of aliphatic hydroxyl groups is 1. The Kier molecular flexibility index (Phi) is 3.06.